The smallest absolute Gasteiger partial charge is 0.319 e. The highest BCUT2D eigenvalue weighted by Gasteiger charge is 2.12. The van der Waals surface area contributed by atoms with Gasteiger partial charge in [0.15, 0.2) is 0 Å². The normalized spacial score (nSPS) is 11.6. The van der Waals surface area contributed by atoms with Gasteiger partial charge in [0.25, 0.3) is 0 Å². The summed E-state index contributed by atoms with van der Waals surface area (Å²) in [6.45, 7) is -2.25. The molecule has 3 rings (SSSR count). The van der Waals surface area contributed by atoms with Gasteiger partial charge in [-0.25, -0.2) is 4.98 Å². The molecule has 1 aromatic carbocycles. The lowest BCUT2D eigenvalue weighted by molar-refractivity contribution is 0.0667. The van der Waals surface area contributed by atoms with Crippen LogP contribution in [-0.2, 0) is 6.54 Å². The Morgan fingerprint density at radius 2 is 2.05 bits per heavy atom. The van der Waals surface area contributed by atoms with E-state index in [0.29, 0.717) is 12.4 Å². The Bertz CT molecular complexity index is 718. The van der Waals surface area contributed by atoms with Crippen molar-refractivity contribution in [1.82, 2.24) is 14.1 Å². The SMILES string of the molecule is FC(F)n1ccnc1Cn1ccc2ccc(Br)cc21. The summed E-state index contributed by atoms with van der Waals surface area (Å²) in [6, 6.07) is 7.85. The van der Waals surface area contributed by atoms with E-state index in [1.54, 1.807) is 0 Å². The van der Waals surface area contributed by atoms with Crippen molar-refractivity contribution in [2.75, 3.05) is 0 Å². The van der Waals surface area contributed by atoms with Crippen molar-refractivity contribution in [3.05, 3.63) is 53.2 Å². The van der Waals surface area contributed by atoms with Crippen molar-refractivity contribution in [2.24, 2.45) is 0 Å². The minimum Gasteiger partial charge on any atom is -0.340 e. The van der Waals surface area contributed by atoms with Gasteiger partial charge in [0, 0.05) is 28.6 Å². The molecule has 2 heterocycles. The number of aromatic nitrogens is 3. The molecule has 0 spiro atoms. The molecule has 0 bridgehead atoms. The molecule has 0 aliphatic heterocycles. The van der Waals surface area contributed by atoms with Crippen LogP contribution in [0.1, 0.15) is 12.4 Å². The van der Waals surface area contributed by atoms with Crippen molar-refractivity contribution >= 4 is 26.8 Å². The Labute approximate surface area is 116 Å². The zero-order chi connectivity index (χ0) is 13.4. The topological polar surface area (TPSA) is 22.8 Å². The summed E-state index contributed by atoms with van der Waals surface area (Å²) < 4.78 is 29.3. The van der Waals surface area contributed by atoms with E-state index in [4.69, 9.17) is 0 Å². The minimum atomic E-state index is -2.56. The van der Waals surface area contributed by atoms with Gasteiger partial charge in [-0.15, -0.1) is 0 Å². The molecule has 0 saturated carbocycles. The molecule has 0 amide bonds. The molecule has 0 atom stereocenters. The van der Waals surface area contributed by atoms with Gasteiger partial charge in [0.1, 0.15) is 5.82 Å². The maximum absolute atomic E-state index is 12.8. The molecular weight excluding hydrogens is 316 g/mol. The number of hydrogen-bond acceptors (Lipinski definition) is 1. The summed E-state index contributed by atoms with van der Waals surface area (Å²) in [4.78, 5) is 3.99. The highest BCUT2D eigenvalue weighted by atomic mass is 79.9. The van der Waals surface area contributed by atoms with Crippen LogP contribution in [0.5, 0.6) is 0 Å². The average Bonchev–Trinajstić information content (AvgIpc) is 2.97. The summed E-state index contributed by atoms with van der Waals surface area (Å²) in [5.41, 5.74) is 0.984. The fraction of sp³-hybridized carbons (Fsp3) is 0.154. The highest BCUT2D eigenvalue weighted by Crippen LogP contribution is 2.22. The number of imidazole rings is 1. The van der Waals surface area contributed by atoms with Crippen LogP contribution in [0, 0.1) is 0 Å². The maximum atomic E-state index is 12.8. The van der Waals surface area contributed by atoms with E-state index in [0.717, 1.165) is 19.9 Å². The molecule has 0 aliphatic rings. The molecular formula is C13H10BrF2N3. The van der Waals surface area contributed by atoms with E-state index >= 15 is 0 Å². The predicted octanol–water partition coefficient (Wildman–Crippen LogP) is 4.04. The van der Waals surface area contributed by atoms with Gasteiger partial charge in [-0.3, -0.25) is 4.57 Å². The molecule has 0 fully saturated rings. The van der Waals surface area contributed by atoms with Crippen LogP contribution in [0.4, 0.5) is 8.78 Å². The quantitative estimate of drug-likeness (QED) is 0.712. The third-order valence-electron chi connectivity index (χ3n) is 3.01. The summed E-state index contributed by atoms with van der Waals surface area (Å²) in [6.07, 6.45) is 4.56. The Morgan fingerprint density at radius 1 is 1.21 bits per heavy atom. The van der Waals surface area contributed by atoms with E-state index in [-0.39, 0.29) is 0 Å². The molecule has 0 saturated heterocycles. The van der Waals surface area contributed by atoms with Crippen LogP contribution in [-0.4, -0.2) is 14.1 Å². The van der Waals surface area contributed by atoms with Gasteiger partial charge in [0.2, 0.25) is 0 Å². The maximum Gasteiger partial charge on any atom is 0.319 e. The highest BCUT2D eigenvalue weighted by molar-refractivity contribution is 9.10. The van der Waals surface area contributed by atoms with Gasteiger partial charge in [-0.2, -0.15) is 8.78 Å². The van der Waals surface area contributed by atoms with Crippen LogP contribution in [0.15, 0.2) is 47.3 Å². The Kier molecular flexibility index (Phi) is 3.10. The first kappa shape index (κ1) is 12.3. The Hall–Kier alpha value is -1.69. The van der Waals surface area contributed by atoms with Crippen LogP contribution in [0.3, 0.4) is 0 Å². The van der Waals surface area contributed by atoms with Gasteiger partial charge < -0.3 is 4.57 Å². The summed E-state index contributed by atoms with van der Waals surface area (Å²) in [7, 11) is 0. The van der Waals surface area contributed by atoms with Crippen LogP contribution in [0.2, 0.25) is 0 Å². The van der Waals surface area contributed by atoms with Crippen molar-refractivity contribution in [1.29, 1.82) is 0 Å². The number of nitrogens with zero attached hydrogens (tertiary/aromatic N) is 3. The largest absolute Gasteiger partial charge is 0.340 e. The molecule has 98 valence electrons. The second-order valence-corrected chi connectivity index (χ2v) is 5.09. The van der Waals surface area contributed by atoms with Crippen LogP contribution < -0.4 is 0 Å². The lowest BCUT2D eigenvalue weighted by Gasteiger charge is -2.08. The monoisotopic (exact) mass is 325 g/mol. The number of fused-ring (bicyclic) bond motifs is 1. The fourth-order valence-electron chi connectivity index (χ4n) is 2.09. The van der Waals surface area contributed by atoms with Gasteiger partial charge in [-0.1, -0.05) is 22.0 Å². The molecule has 19 heavy (non-hydrogen) atoms. The van der Waals surface area contributed by atoms with E-state index in [1.165, 1.54) is 12.4 Å². The first-order chi connectivity index (χ1) is 9.15. The molecule has 3 nitrogen and oxygen atoms in total. The average molecular weight is 326 g/mol. The zero-order valence-corrected chi connectivity index (χ0v) is 11.4. The number of benzene rings is 1. The molecule has 3 aromatic rings. The number of hydrogen-bond donors (Lipinski definition) is 0. The zero-order valence-electron chi connectivity index (χ0n) is 9.80. The minimum absolute atomic E-state index is 0.317. The predicted molar refractivity (Wildman–Crippen MR) is 72.2 cm³/mol. The second kappa shape index (κ2) is 4.77. The fourth-order valence-corrected chi connectivity index (χ4v) is 2.44. The van der Waals surface area contributed by atoms with Crippen molar-refractivity contribution < 1.29 is 8.78 Å². The van der Waals surface area contributed by atoms with Gasteiger partial charge in [0.05, 0.1) is 6.54 Å². The Balaban J connectivity index is 2.01. The molecule has 0 unspecified atom stereocenters. The lowest BCUT2D eigenvalue weighted by atomic mass is 10.2. The summed E-state index contributed by atoms with van der Waals surface area (Å²) >= 11 is 3.41. The second-order valence-electron chi connectivity index (χ2n) is 4.18. The molecule has 0 radical (unpaired) electrons. The van der Waals surface area contributed by atoms with Gasteiger partial charge >= 0.3 is 6.55 Å². The van der Waals surface area contributed by atoms with E-state index in [9.17, 15) is 8.78 Å². The van der Waals surface area contributed by atoms with Crippen molar-refractivity contribution in [3.63, 3.8) is 0 Å². The van der Waals surface area contributed by atoms with E-state index in [2.05, 4.69) is 20.9 Å². The Morgan fingerprint density at radius 3 is 2.84 bits per heavy atom. The number of halogens is 3. The third-order valence-corrected chi connectivity index (χ3v) is 3.50. The summed E-state index contributed by atoms with van der Waals surface area (Å²) in [5.74, 6) is 0.340. The molecule has 0 aliphatic carbocycles. The van der Waals surface area contributed by atoms with E-state index in [1.807, 2.05) is 35.0 Å². The summed E-state index contributed by atoms with van der Waals surface area (Å²) in [5, 5.41) is 1.07. The first-order valence-electron chi connectivity index (χ1n) is 5.69. The lowest BCUT2D eigenvalue weighted by Crippen LogP contribution is -2.08. The third kappa shape index (κ3) is 2.28. The van der Waals surface area contributed by atoms with Crippen LogP contribution >= 0.6 is 15.9 Å². The number of rotatable bonds is 3. The molecule has 6 heteroatoms. The van der Waals surface area contributed by atoms with Crippen molar-refractivity contribution in [3.8, 4) is 0 Å². The first-order valence-corrected chi connectivity index (χ1v) is 6.49. The number of alkyl halides is 2. The van der Waals surface area contributed by atoms with Crippen molar-refractivity contribution in [2.45, 2.75) is 13.1 Å². The molecule has 2 aromatic heterocycles. The van der Waals surface area contributed by atoms with E-state index < -0.39 is 6.55 Å². The van der Waals surface area contributed by atoms with Gasteiger partial charge in [-0.05, 0) is 23.6 Å². The molecule has 0 N–H and O–H groups in total. The van der Waals surface area contributed by atoms with Crippen LogP contribution in [0.25, 0.3) is 10.9 Å². The standard InChI is InChI=1S/C13H10BrF2N3/c14-10-2-1-9-3-5-18(11(9)7-10)8-12-17-4-6-19(12)13(15)16/h1-7,13H,8H2.